The van der Waals surface area contributed by atoms with Crippen LogP contribution in [0.25, 0.3) is 11.0 Å². The molecule has 6 nitrogen and oxygen atoms in total. The van der Waals surface area contributed by atoms with Crippen LogP contribution in [0.2, 0.25) is 0 Å². The molecule has 7 heteroatoms. The Balaban J connectivity index is 2.10. The molecule has 0 spiro atoms. The predicted molar refractivity (Wildman–Crippen MR) is 79.5 cm³/mol. The van der Waals surface area contributed by atoms with Crippen molar-refractivity contribution in [2.45, 2.75) is 24.0 Å². The normalized spacial score (nSPS) is 14.4. The molecule has 0 saturated heterocycles. The smallest absolute Gasteiger partial charge is 0.313 e. The number of nitrogens with zero attached hydrogens (tertiary/aromatic N) is 2. The van der Waals surface area contributed by atoms with Gasteiger partial charge in [-0.1, -0.05) is 11.8 Å². The Bertz CT molecular complexity index is 694. The van der Waals surface area contributed by atoms with E-state index in [1.54, 1.807) is 14.2 Å². The van der Waals surface area contributed by atoms with Crippen molar-refractivity contribution in [1.29, 1.82) is 0 Å². The van der Waals surface area contributed by atoms with Crippen LogP contribution in [0.1, 0.15) is 18.9 Å². The molecule has 21 heavy (non-hydrogen) atoms. The molecule has 0 radical (unpaired) electrons. The first-order chi connectivity index (χ1) is 10.1. The van der Waals surface area contributed by atoms with E-state index in [1.165, 1.54) is 11.8 Å². The molecule has 1 N–H and O–H groups in total. The number of rotatable bonds is 6. The molecule has 1 aromatic heterocycles. The first-order valence-corrected chi connectivity index (χ1v) is 7.61. The summed E-state index contributed by atoms with van der Waals surface area (Å²) in [5.41, 5.74) is 1.76. The summed E-state index contributed by atoms with van der Waals surface area (Å²) in [5, 5.41) is 9.60. The van der Waals surface area contributed by atoms with E-state index in [-0.39, 0.29) is 5.75 Å². The lowest BCUT2D eigenvalue weighted by molar-refractivity contribution is -0.133. The summed E-state index contributed by atoms with van der Waals surface area (Å²) in [4.78, 5) is 15.3. The van der Waals surface area contributed by atoms with Crippen LogP contribution in [0.3, 0.4) is 0 Å². The molecule has 112 valence electrons. The molecule has 1 heterocycles. The average Bonchev–Trinajstić information content (AvgIpc) is 3.24. The SMILES string of the molecule is COc1cc2nc(SCC(=O)O)n(C3CC3)c2cc1OC. The van der Waals surface area contributed by atoms with E-state index in [1.807, 2.05) is 12.1 Å². The lowest BCUT2D eigenvalue weighted by Gasteiger charge is -2.09. The molecule has 0 unspecified atom stereocenters. The van der Waals surface area contributed by atoms with E-state index >= 15 is 0 Å². The minimum atomic E-state index is -0.843. The van der Waals surface area contributed by atoms with E-state index in [9.17, 15) is 4.79 Å². The maximum absolute atomic E-state index is 10.8. The number of fused-ring (bicyclic) bond motifs is 1. The van der Waals surface area contributed by atoms with Crippen LogP contribution in [0.15, 0.2) is 17.3 Å². The van der Waals surface area contributed by atoms with Crippen molar-refractivity contribution in [2.24, 2.45) is 0 Å². The number of benzene rings is 1. The lowest BCUT2D eigenvalue weighted by Crippen LogP contribution is -2.02. The molecule has 3 rings (SSSR count). The van der Waals surface area contributed by atoms with Crippen LogP contribution >= 0.6 is 11.8 Å². The molecule has 1 fully saturated rings. The Morgan fingerprint density at radius 2 is 2.05 bits per heavy atom. The van der Waals surface area contributed by atoms with Gasteiger partial charge in [0.1, 0.15) is 0 Å². The minimum absolute atomic E-state index is 0.00428. The lowest BCUT2D eigenvalue weighted by atomic mass is 10.2. The number of thioether (sulfide) groups is 1. The van der Waals surface area contributed by atoms with Gasteiger partial charge >= 0.3 is 5.97 Å². The van der Waals surface area contributed by atoms with E-state index < -0.39 is 5.97 Å². The fraction of sp³-hybridized carbons (Fsp3) is 0.429. The van der Waals surface area contributed by atoms with Gasteiger partial charge in [0.2, 0.25) is 0 Å². The van der Waals surface area contributed by atoms with Crippen LogP contribution in [0, 0.1) is 0 Å². The van der Waals surface area contributed by atoms with E-state index in [0.29, 0.717) is 17.5 Å². The summed E-state index contributed by atoms with van der Waals surface area (Å²) in [7, 11) is 3.18. The molecule has 0 aliphatic heterocycles. The molecule has 1 aromatic carbocycles. The second-order valence-corrected chi connectivity index (χ2v) is 5.82. The number of carbonyl (C=O) groups is 1. The van der Waals surface area contributed by atoms with E-state index in [0.717, 1.165) is 29.0 Å². The first kappa shape index (κ1) is 14.1. The zero-order chi connectivity index (χ0) is 15.0. The van der Waals surface area contributed by atoms with Gasteiger partial charge in [-0.2, -0.15) is 0 Å². The van der Waals surface area contributed by atoms with Gasteiger partial charge in [0.05, 0.1) is 31.0 Å². The van der Waals surface area contributed by atoms with Crippen LogP contribution in [0.5, 0.6) is 11.5 Å². The van der Waals surface area contributed by atoms with Crippen molar-refractivity contribution in [2.75, 3.05) is 20.0 Å². The highest BCUT2D eigenvalue weighted by Gasteiger charge is 2.29. The van der Waals surface area contributed by atoms with Gasteiger partial charge in [-0.15, -0.1) is 0 Å². The zero-order valence-corrected chi connectivity index (χ0v) is 12.6. The summed E-state index contributed by atoms with van der Waals surface area (Å²) in [6.45, 7) is 0. The molecular formula is C14H16N2O4S. The van der Waals surface area contributed by atoms with Gasteiger partial charge in [-0.25, -0.2) is 4.98 Å². The molecule has 1 aliphatic rings. The second kappa shape index (κ2) is 5.48. The molecule has 0 amide bonds. The van der Waals surface area contributed by atoms with Gasteiger partial charge in [-0.05, 0) is 12.8 Å². The minimum Gasteiger partial charge on any atom is -0.493 e. The summed E-state index contributed by atoms with van der Waals surface area (Å²) in [6.07, 6.45) is 2.20. The van der Waals surface area contributed by atoms with E-state index in [2.05, 4.69) is 9.55 Å². The van der Waals surface area contributed by atoms with Crippen LogP contribution in [-0.2, 0) is 4.79 Å². The van der Waals surface area contributed by atoms with Crippen molar-refractivity contribution >= 4 is 28.8 Å². The number of aliphatic carboxylic acids is 1. The highest BCUT2D eigenvalue weighted by atomic mass is 32.2. The fourth-order valence-electron chi connectivity index (χ4n) is 2.31. The fourth-order valence-corrected chi connectivity index (χ4v) is 3.12. The number of ether oxygens (including phenoxy) is 2. The van der Waals surface area contributed by atoms with Crippen molar-refractivity contribution in [1.82, 2.24) is 9.55 Å². The number of aromatic nitrogens is 2. The molecule has 0 atom stereocenters. The highest BCUT2D eigenvalue weighted by Crippen LogP contribution is 2.43. The second-order valence-electron chi connectivity index (χ2n) is 4.87. The van der Waals surface area contributed by atoms with Gasteiger partial charge in [0.15, 0.2) is 16.7 Å². The van der Waals surface area contributed by atoms with Crippen LogP contribution in [0.4, 0.5) is 0 Å². The van der Waals surface area contributed by atoms with E-state index in [4.69, 9.17) is 14.6 Å². The third kappa shape index (κ3) is 2.65. The standard InChI is InChI=1S/C14H16N2O4S/c1-19-11-5-9-10(6-12(11)20-2)16(8-3-4-8)14(15-9)21-7-13(17)18/h5-6,8H,3-4,7H2,1-2H3,(H,17,18). The summed E-state index contributed by atoms with van der Waals surface area (Å²) >= 11 is 1.25. The largest absolute Gasteiger partial charge is 0.493 e. The molecule has 0 bridgehead atoms. The summed E-state index contributed by atoms with van der Waals surface area (Å²) < 4.78 is 12.7. The maximum Gasteiger partial charge on any atom is 0.313 e. The summed E-state index contributed by atoms with van der Waals surface area (Å²) in [5.74, 6) is 0.441. The Morgan fingerprint density at radius 1 is 1.38 bits per heavy atom. The number of methoxy groups -OCH3 is 2. The van der Waals surface area contributed by atoms with Gasteiger partial charge in [0, 0.05) is 18.2 Å². The Kier molecular flexibility index (Phi) is 3.67. The molecule has 1 saturated carbocycles. The van der Waals surface area contributed by atoms with Crippen molar-refractivity contribution in [3.8, 4) is 11.5 Å². The first-order valence-electron chi connectivity index (χ1n) is 6.62. The maximum atomic E-state index is 10.8. The Hall–Kier alpha value is -1.89. The zero-order valence-electron chi connectivity index (χ0n) is 11.8. The topological polar surface area (TPSA) is 73.6 Å². The van der Waals surface area contributed by atoms with Crippen molar-refractivity contribution in [3.05, 3.63) is 12.1 Å². The highest BCUT2D eigenvalue weighted by molar-refractivity contribution is 7.99. The number of hydrogen-bond donors (Lipinski definition) is 1. The number of imidazole rings is 1. The Morgan fingerprint density at radius 3 is 2.62 bits per heavy atom. The molecule has 1 aliphatic carbocycles. The van der Waals surface area contributed by atoms with Crippen molar-refractivity contribution < 1.29 is 19.4 Å². The van der Waals surface area contributed by atoms with Crippen LogP contribution in [-0.4, -0.2) is 40.6 Å². The quantitative estimate of drug-likeness (QED) is 0.827. The van der Waals surface area contributed by atoms with Crippen molar-refractivity contribution in [3.63, 3.8) is 0 Å². The number of carboxylic acids is 1. The molecule has 2 aromatic rings. The third-order valence-electron chi connectivity index (χ3n) is 3.40. The predicted octanol–water partition coefficient (Wildman–Crippen LogP) is 2.57. The van der Waals surface area contributed by atoms with Gasteiger partial charge in [-0.3, -0.25) is 4.79 Å². The average molecular weight is 308 g/mol. The number of hydrogen-bond acceptors (Lipinski definition) is 5. The monoisotopic (exact) mass is 308 g/mol. The molecular weight excluding hydrogens is 292 g/mol. The van der Waals surface area contributed by atoms with Gasteiger partial charge < -0.3 is 19.1 Å². The van der Waals surface area contributed by atoms with Gasteiger partial charge in [0.25, 0.3) is 0 Å². The van der Waals surface area contributed by atoms with Crippen LogP contribution < -0.4 is 9.47 Å². The Labute approximate surface area is 126 Å². The summed E-state index contributed by atoms with van der Waals surface area (Å²) in [6, 6.07) is 4.15. The third-order valence-corrected chi connectivity index (χ3v) is 4.34. The number of carboxylic acid groups (broad SMARTS) is 1.